The summed E-state index contributed by atoms with van der Waals surface area (Å²) in [7, 11) is -4.50. The van der Waals surface area contributed by atoms with Crippen molar-refractivity contribution in [2.75, 3.05) is 39.6 Å². The molecule has 0 aromatic carbocycles. The molecule has 0 radical (unpaired) electrons. The van der Waals surface area contributed by atoms with E-state index in [4.69, 9.17) is 28.4 Å². The molecule has 11 heteroatoms. The van der Waals surface area contributed by atoms with E-state index in [1.165, 1.54) is 89.9 Å². The number of carbonyl (C=O) groups is 2. The SMILES string of the molecule is CCCCCCCCCCC#CC#CCCCCCCCCC(=O)OC[C@H](COP(=O)(O)OCCOCCO)OC(=O)CCCCCCCCC#CC#CCCCCCCCCCC. The molecule has 0 bridgehead atoms. The average Bonchev–Trinajstić information content (AvgIpc) is 3.28. The lowest BCUT2D eigenvalue weighted by Crippen LogP contribution is -2.29. The third kappa shape index (κ3) is 48.7. The third-order valence-corrected chi connectivity index (χ3v) is 11.5. The molecule has 0 aliphatic heterocycles. The van der Waals surface area contributed by atoms with Gasteiger partial charge in [0.15, 0.2) is 6.10 Å². The number of ether oxygens (including phenoxy) is 3. The standard InChI is InChI=1S/C53H89O10P/c1-3-5-7-9-11-13-15-17-19-21-23-25-27-29-31-33-35-37-39-41-43-52(55)60-49-51(50-62-64(57,58)61-48-47-59-46-45-54)63-53(56)44-42-40-38-36-34-32-30-28-26-24-22-20-18-16-14-12-10-8-6-4-2/h51,54H,3-20,29-50H2,1-2H3,(H,57,58)/t51-/m1/s1. The largest absolute Gasteiger partial charge is 0.472 e. The van der Waals surface area contributed by atoms with Crippen molar-refractivity contribution in [1.82, 2.24) is 0 Å². The van der Waals surface area contributed by atoms with E-state index in [9.17, 15) is 19.0 Å². The Morgan fingerprint density at radius 2 is 0.844 bits per heavy atom. The highest BCUT2D eigenvalue weighted by molar-refractivity contribution is 7.47. The molecule has 0 fully saturated rings. The van der Waals surface area contributed by atoms with Gasteiger partial charge in [-0.2, -0.15) is 0 Å². The van der Waals surface area contributed by atoms with Crippen LogP contribution in [-0.4, -0.2) is 67.7 Å². The van der Waals surface area contributed by atoms with Gasteiger partial charge in [-0.05, 0) is 62.2 Å². The van der Waals surface area contributed by atoms with Gasteiger partial charge in [0.25, 0.3) is 0 Å². The van der Waals surface area contributed by atoms with Gasteiger partial charge < -0.3 is 24.2 Å². The van der Waals surface area contributed by atoms with Crippen LogP contribution in [0.25, 0.3) is 0 Å². The fraction of sp³-hybridized carbons (Fsp3) is 0.811. The maximum absolute atomic E-state index is 12.7. The molecule has 366 valence electrons. The van der Waals surface area contributed by atoms with Crippen molar-refractivity contribution in [3.8, 4) is 47.4 Å². The maximum atomic E-state index is 12.7. The number of esters is 2. The zero-order chi connectivity index (χ0) is 46.7. The van der Waals surface area contributed by atoms with Crippen molar-refractivity contribution < 1.29 is 47.4 Å². The van der Waals surface area contributed by atoms with Crippen molar-refractivity contribution in [2.24, 2.45) is 0 Å². The van der Waals surface area contributed by atoms with Crippen LogP contribution in [-0.2, 0) is 37.4 Å². The summed E-state index contributed by atoms with van der Waals surface area (Å²) in [5.74, 6) is 23.6. The predicted molar refractivity (Wildman–Crippen MR) is 260 cm³/mol. The Morgan fingerprint density at radius 3 is 1.25 bits per heavy atom. The van der Waals surface area contributed by atoms with E-state index in [2.05, 4.69) is 61.2 Å². The minimum atomic E-state index is -4.50. The van der Waals surface area contributed by atoms with Gasteiger partial charge in [-0.3, -0.25) is 18.6 Å². The Morgan fingerprint density at radius 1 is 0.469 bits per heavy atom. The molecule has 0 heterocycles. The summed E-state index contributed by atoms with van der Waals surface area (Å²) >= 11 is 0. The van der Waals surface area contributed by atoms with Gasteiger partial charge in [0, 0.05) is 38.5 Å². The van der Waals surface area contributed by atoms with Gasteiger partial charge in [0.1, 0.15) is 6.61 Å². The zero-order valence-electron chi connectivity index (χ0n) is 40.5. The summed E-state index contributed by atoms with van der Waals surface area (Å²) < 4.78 is 38.3. The Balaban J connectivity index is 4.32. The first-order valence-corrected chi connectivity index (χ1v) is 26.9. The summed E-state index contributed by atoms with van der Waals surface area (Å²) in [6.07, 6.45) is 35.1. The summed E-state index contributed by atoms with van der Waals surface area (Å²) in [5, 5.41) is 8.80. The summed E-state index contributed by atoms with van der Waals surface area (Å²) in [4.78, 5) is 35.3. The summed E-state index contributed by atoms with van der Waals surface area (Å²) in [6.45, 7) is 3.33. The minimum absolute atomic E-state index is 0.0168. The molecule has 0 aliphatic rings. The monoisotopic (exact) mass is 917 g/mol. The first kappa shape index (κ1) is 61.2. The number of phosphoric acid groups is 1. The van der Waals surface area contributed by atoms with E-state index in [1.54, 1.807) is 0 Å². The number of hydrogen-bond donors (Lipinski definition) is 2. The second-order valence-electron chi connectivity index (χ2n) is 16.6. The quantitative estimate of drug-likeness (QED) is 0.0263. The van der Waals surface area contributed by atoms with E-state index in [0.29, 0.717) is 12.8 Å². The Kier molecular flexibility index (Phi) is 47.5. The highest BCUT2D eigenvalue weighted by Crippen LogP contribution is 2.43. The fourth-order valence-corrected chi connectivity index (χ4v) is 7.45. The van der Waals surface area contributed by atoms with E-state index in [-0.39, 0.29) is 45.9 Å². The molecule has 2 atom stereocenters. The van der Waals surface area contributed by atoms with Gasteiger partial charge in [-0.15, -0.1) is 0 Å². The van der Waals surface area contributed by atoms with Crippen LogP contribution in [0.15, 0.2) is 0 Å². The zero-order valence-corrected chi connectivity index (χ0v) is 41.4. The third-order valence-electron chi connectivity index (χ3n) is 10.5. The normalized spacial score (nSPS) is 12.0. The molecule has 2 N–H and O–H groups in total. The van der Waals surface area contributed by atoms with Crippen molar-refractivity contribution in [1.29, 1.82) is 0 Å². The highest BCUT2D eigenvalue weighted by Gasteiger charge is 2.26. The number of aliphatic hydroxyl groups is 1. The molecular formula is C53H89O10P. The van der Waals surface area contributed by atoms with E-state index in [1.807, 2.05) is 0 Å². The minimum Gasteiger partial charge on any atom is -0.462 e. The number of unbranched alkanes of at least 4 members (excludes halogenated alkanes) is 28. The molecule has 0 amide bonds. The van der Waals surface area contributed by atoms with Crippen LogP contribution in [0.5, 0.6) is 0 Å². The van der Waals surface area contributed by atoms with Crippen LogP contribution in [0.2, 0.25) is 0 Å². The van der Waals surface area contributed by atoms with Gasteiger partial charge in [-0.1, -0.05) is 179 Å². The van der Waals surface area contributed by atoms with E-state index in [0.717, 1.165) is 103 Å². The van der Waals surface area contributed by atoms with Gasteiger partial charge in [0.2, 0.25) is 0 Å². The molecule has 0 rings (SSSR count). The first-order chi connectivity index (χ1) is 31.3. The lowest BCUT2D eigenvalue weighted by molar-refractivity contribution is -0.161. The molecule has 0 spiro atoms. The first-order valence-electron chi connectivity index (χ1n) is 25.4. The number of rotatable bonds is 44. The molecule has 0 saturated heterocycles. The Bertz CT molecular complexity index is 1400. The second-order valence-corrected chi connectivity index (χ2v) is 18.1. The Labute approximate surface area is 391 Å². The van der Waals surface area contributed by atoms with Crippen LogP contribution in [0.4, 0.5) is 0 Å². The topological polar surface area (TPSA) is 138 Å². The van der Waals surface area contributed by atoms with Gasteiger partial charge in [0.05, 0.1) is 33.0 Å². The van der Waals surface area contributed by atoms with Crippen LogP contribution in [0, 0.1) is 47.4 Å². The number of hydrogen-bond acceptors (Lipinski definition) is 9. The fourth-order valence-electron chi connectivity index (χ4n) is 6.71. The molecule has 64 heavy (non-hydrogen) atoms. The number of carbonyl (C=O) groups excluding carboxylic acids is 2. The highest BCUT2D eigenvalue weighted by atomic mass is 31.2. The molecule has 0 saturated carbocycles. The molecule has 0 aromatic heterocycles. The lowest BCUT2D eigenvalue weighted by atomic mass is 10.1. The van der Waals surface area contributed by atoms with E-state index >= 15 is 0 Å². The number of aliphatic hydroxyl groups excluding tert-OH is 1. The smallest absolute Gasteiger partial charge is 0.462 e. The molecule has 10 nitrogen and oxygen atoms in total. The van der Waals surface area contributed by atoms with Crippen molar-refractivity contribution in [3.63, 3.8) is 0 Å². The summed E-state index contributed by atoms with van der Waals surface area (Å²) in [5.41, 5.74) is 0. The van der Waals surface area contributed by atoms with Crippen LogP contribution in [0.1, 0.15) is 232 Å². The molecule has 1 unspecified atom stereocenters. The van der Waals surface area contributed by atoms with Crippen LogP contribution in [0.3, 0.4) is 0 Å². The van der Waals surface area contributed by atoms with Gasteiger partial charge in [-0.25, -0.2) is 4.57 Å². The second kappa shape index (κ2) is 49.6. The van der Waals surface area contributed by atoms with E-state index < -0.39 is 32.5 Å². The van der Waals surface area contributed by atoms with Crippen molar-refractivity contribution >= 4 is 19.8 Å². The van der Waals surface area contributed by atoms with Crippen molar-refractivity contribution in [2.45, 2.75) is 238 Å². The lowest BCUT2D eigenvalue weighted by Gasteiger charge is -2.20. The summed E-state index contributed by atoms with van der Waals surface area (Å²) in [6, 6.07) is 0. The predicted octanol–water partition coefficient (Wildman–Crippen LogP) is 12.9. The average molecular weight is 917 g/mol. The van der Waals surface area contributed by atoms with Crippen LogP contribution >= 0.6 is 7.82 Å². The maximum Gasteiger partial charge on any atom is 0.472 e. The molecular weight excluding hydrogens is 828 g/mol. The molecule has 0 aromatic rings. The van der Waals surface area contributed by atoms with Crippen LogP contribution < -0.4 is 0 Å². The Hall–Kier alpha value is -2.79. The van der Waals surface area contributed by atoms with Gasteiger partial charge >= 0.3 is 19.8 Å². The van der Waals surface area contributed by atoms with Crippen molar-refractivity contribution in [3.05, 3.63) is 0 Å². The molecule has 0 aliphatic carbocycles. The number of phosphoric ester groups is 1.